The molecule has 0 bridgehead atoms. The largest absolute Gasteiger partial charge is 0.453 e. The van der Waals surface area contributed by atoms with Gasteiger partial charge in [0.1, 0.15) is 0 Å². The van der Waals surface area contributed by atoms with Crippen molar-refractivity contribution in [2.24, 2.45) is 0 Å². The van der Waals surface area contributed by atoms with Gasteiger partial charge in [0.05, 0.1) is 13.2 Å². The van der Waals surface area contributed by atoms with Crippen molar-refractivity contribution in [2.75, 3.05) is 13.7 Å². The SMILES string of the molecule is CCC/C=C/C1CCCN1C(=O)OC. The first kappa shape index (κ1) is 11.1. The first-order chi connectivity index (χ1) is 6.79. The minimum Gasteiger partial charge on any atom is -0.453 e. The van der Waals surface area contributed by atoms with Gasteiger partial charge in [0, 0.05) is 6.54 Å². The molecule has 3 nitrogen and oxygen atoms in total. The van der Waals surface area contributed by atoms with Gasteiger partial charge < -0.3 is 9.64 Å². The zero-order chi connectivity index (χ0) is 10.4. The van der Waals surface area contributed by atoms with Crippen molar-refractivity contribution < 1.29 is 9.53 Å². The van der Waals surface area contributed by atoms with E-state index in [1.165, 1.54) is 7.11 Å². The smallest absolute Gasteiger partial charge is 0.409 e. The molecule has 1 amide bonds. The second-order valence-corrected chi connectivity index (χ2v) is 3.59. The predicted molar refractivity (Wildman–Crippen MR) is 56.2 cm³/mol. The molecule has 1 heterocycles. The van der Waals surface area contributed by atoms with E-state index >= 15 is 0 Å². The number of ether oxygens (including phenoxy) is 1. The Morgan fingerprint density at radius 2 is 2.43 bits per heavy atom. The van der Waals surface area contributed by atoms with Crippen molar-refractivity contribution in [3.63, 3.8) is 0 Å². The first-order valence-corrected chi connectivity index (χ1v) is 5.30. The van der Waals surface area contributed by atoms with Crippen LogP contribution in [0.4, 0.5) is 4.79 Å². The highest BCUT2D eigenvalue weighted by molar-refractivity contribution is 5.68. The average molecular weight is 197 g/mol. The number of hydrogen-bond donors (Lipinski definition) is 0. The van der Waals surface area contributed by atoms with E-state index in [9.17, 15) is 4.79 Å². The topological polar surface area (TPSA) is 29.5 Å². The molecule has 0 saturated carbocycles. The van der Waals surface area contributed by atoms with Crippen molar-refractivity contribution in [1.29, 1.82) is 0 Å². The zero-order valence-electron chi connectivity index (χ0n) is 9.03. The van der Waals surface area contributed by atoms with E-state index in [0.717, 1.165) is 32.2 Å². The van der Waals surface area contributed by atoms with E-state index in [1.54, 1.807) is 4.90 Å². The van der Waals surface area contributed by atoms with Crippen LogP contribution in [0, 0.1) is 0 Å². The molecule has 1 unspecified atom stereocenters. The molecular weight excluding hydrogens is 178 g/mol. The lowest BCUT2D eigenvalue weighted by Crippen LogP contribution is -2.34. The van der Waals surface area contributed by atoms with Crippen molar-refractivity contribution >= 4 is 6.09 Å². The number of allylic oxidation sites excluding steroid dienone is 1. The van der Waals surface area contributed by atoms with E-state index in [-0.39, 0.29) is 12.1 Å². The molecule has 0 N–H and O–H groups in total. The molecule has 1 aliphatic heterocycles. The molecule has 0 radical (unpaired) electrons. The lowest BCUT2D eigenvalue weighted by atomic mass is 10.2. The summed E-state index contributed by atoms with van der Waals surface area (Å²) >= 11 is 0. The van der Waals surface area contributed by atoms with E-state index in [1.807, 2.05) is 0 Å². The molecule has 0 aromatic carbocycles. The third kappa shape index (κ3) is 2.76. The number of nitrogens with zero attached hydrogens (tertiary/aromatic N) is 1. The maximum absolute atomic E-state index is 11.3. The van der Waals surface area contributed by atoms with Crippen molar-refractivity contribution in [3.05, 3.63) is 12.2 Å². The molecule has 1 saturated heterocycles. The standard InChI is InChI=1S/C11H19NO2/c1-3-4-5-7-10-8-6-9-12(10)11(13)14-2/h5,7,10H,3-4,6,8-9H2,1-2H3/b7-5+. The van der Waals surface area contributed by atoms with E-state index in [4.69, 9.17) is 4.74 Å². The highest BCUT2D eigenvalue weighted by Gasteiger charge is 2.26. The molecular formula is C11H19NO2. The Bertz CT molecular complexity index is 213. The van der Waals surface area contributed by atoms with Crippen LogP contribution < -0.4 is 0 Å². The number of methoxy groups -OCH3 is 1. The Morgan fingerprint density at radius 3 is 3.07 bits per heavy atom. The minimum absolute atomic E-state index is 0.200. The first-order valence-electron chi connectivity index (χ1n) is 5.30. The second-order valence-electron chi connectivity index (χ2n) is 3.59. The predicted octanol–water partition coefficient (Wildman–Crippen LogP) is 2.57. The lowest BCUT2D eigenvalue weighted by Gasteiger charge is -2.20. The second kappa shape index (κ2) is 5.68. The van der Waals surface area contributed by atoms with Crippen molar-refractivity contribution in [1.82, 2.24) is 4.90 Å². The fourth-order valence-electron chi connectivity index (χ4n) is 1.76. The average Bonchev–Trinajstić information content (AvgIpc) is 2.65. The van der Waals surface area contributed by atoms with Gasteiger partial charge in [-0.05, 0) is 19.3 Å². The van der Waals surface area contributed by atoms with Crippen LogP contribution in [0.15, 0.2) is 12.2 Å². The zero-order valence-corrected chi connectivity index (χ0v) is 9.03. The Labute approximate surface area is 85.7 Å². The van der Waals surface area contributed by atoms with Crippen LogP contribution in [0.3, 0.4) is 0 Å². The van der Waals surface area contributed by atoms with E-state index in [0.29, 0.717) is 0 Å². The van der Waals surface area contributed by atoms with Gasteiger partial charge in [-0.25, -0.2) is 4.79 Å². The monoisotopic (exact) mass is 197 g/mol. The van der Waals surface area contributed by atoms with Crippen molar-refractivity contribution in [2.45, 2.75) is 38.6 Å². The molecule has 0 aromatic rings. The summed E-state index contributed by atoms with van der Waals surface area (Å²) in [7, 11) is 1.44. The summed E-state index contributed by atoms with van der Waals surface area (Å²) < 4.78 is 4.72. The fourth-order valence-corrected chi connectivity index (χ4v) is 1.76. The van der Waals surface area contributed by atoms with Gasteiger partial charge >= 0.3 is 6.09 Å². The van der Waals surface area contributed by atoms with Gasteiger partial charge in [0.15, 0.2) is 0 Å². The molecule has 3 heteroatoms. The summed E-state index contributed by atoms with van der Waals surface area (Å²) in [5, 5.41) is 0. The van der Waals surface area contributed by atoms with Crippen LogP contribution in [0.25, 0.3) is 0 Å². The Balaban J connectivity index is 2.46. The molecule has 0 aliphatic carbocycles. The Hall–Kier alpha value is -0.990. The molecule has 14 heavy (non-hydrogen) atoms. The number of hydrogen-bond acceptors (Lipinski definition) is 2. The van der Waals surface area contributed by atoms with Crippen LogP contribution >= 0.6 is 0 Å². The Kier molecular flexibility index (Phi) is 4.50. The van der Waals surface area contributed by atoms with Crippen LogP contribution in [0.5, 0.6) is 0 Å². The highest BCUT2D eigenvalue weighted by Crippen LogP contribution is 2.19. The highest BCUT2D eigenvalue weighted by atomic mass is 16.5. The number of likely N-dealkylation sites (tertiary alicyclic amines) is 1. The molecule has 1 fully saturated rings. The number of amides is 1. The van der Waals surface area contributed by atoms with Crippen molar-refractivity contribution in [3.8, 4) is 0 Å². The molecule has 1 atom stereocenters. The third-order valence-electron chi connectivity index (χ3n) is 2.52. The van der Waals surface area contributed by atoms with Crippen LogP contribution in [-0.4, -0.2) is 30.7 Å². The van der Waals surface area contributed by atoms with Crippen LogP contribution in [-0.2, 0) is 4.74 Å². The summed E-state index contributed by atoms with van der Waals surface area (Å²) in [6.07, 6.45) is 8.48. The van der Waals surface area contributed by atoms with Gasteiger partial charge in [0.2, 0.25) is 0 Å². The fraction of sp³-hybridized carbons (Fsp3) is 0.727. The molecule has 0 aromatic heterocycles. The van der Waals surface area contributed by atoms with Gasteiger partial charge in [-0.2, -0.15) is 0 Å². The number of carbonyl (C=O) groups is 1. The van der Waals surface area contributed by atoms with E-state index in [2.05, 4.69) is 19.1 Å². The van der Waals surface area contributed by atoms with Gasteiger partial charge in [0.25, 0.3) is 0 Å². The Morgan fingerprint density at radius 1 is 1.64 bits per heavy atom. The quantitative estimate of drug-likeness (QED) is 0.651. The summed E-state index contributed by atoms with van der Waals surface area (Å²) in [6, 6.07) is 0.258. The third-order valence-corrected chi connectivity index (χ3v) is 2.52. The normalized spacial score (nSPS) is 21.9. The molecule has 0 spiro atoms. The minimum atomic E-state index is -0.200. The van der Waals surface area contributed by atoms with Gasteiger partial charge in [-0.15, -0.1) is 0 Å². The number of rotatable bonds is 3. The molecule has 1 rings (SSSR count). The lowest BCUT2D eigenvalue weighted by molar-refractivity contribution is 0.125. The van der Waals surface area contributed by atoms with Crippen LogP contribution in [0.2, 0.25) is 0 Å². The summed E-state index contributed by atoms with van der Waals surface area (Å²) in [5.41, 5.74) is 0. The van der Waals surface area contributed by atoms with Gasteiger partial charge in [-0.3, -0.25) is 0 Å². The number of carbonyl (C=O) groups excluding carboxylic acids is 1. The van der Waals surface area contributed by atoms with Gasteiger partial charge in [-0.1, -0.05) is 25.5 Å². The number of unbranched alkanes of at least 4 members (excludes halogenated alkanes) is 1. The summed E-state index contributed by atoms with van der Waals surface area (Å²) in [5.74, 6) is 0. The summed E-state index contributed by atoms with van der Waals surface area (Å²) in [4.78, 5) is 13.1. The van der Waals surface area contributed by atoms with Crippen LogP contribution in [0.1, 0.15) is 32.6 Å². The maximum atomic E-state index is 11.3. The molecule has 80 valence electrons. The summed E-state index contributed by atoms with van der Waals surface area (Å²) in [6.45, 7) is 2.98. The maximum Gasteiger partial charge on any atom is 0.409 e. The van der Waals surface area contributed by atoms with E-state index < -0.39 is 0 Å². The molecule has 1 aliphatic rings.